The van der Waals surface area contributed by atoms with E-state index in [0.29, 0.717) is 6.54 Å². The van der Waals surface area contributed by atoms with Crippen molar-refractivity contribution in [1.82, 2.24) is 5.32 Å². The Balaban J connectivity index is 2.70. The maximum absolute atomic E-state index is 12.2. The number of hydrogen-bond acceptors (Lipinski definition) is 3. The molecule has 0 saturated heterocycles. The topological polar surface area (TPSA) is 75.3 Å². The van der Waals surface area contributed by atoms with Gasteiger partial charge in [-0.25, -0.2) is 0 Å². The van der Waals surface area contributed by atoms with Gasteiger partial charge in [-0.3, -0.25) is 4.79 Å². The largest absolute Gasteiger partial charge is 0.394 e. The van der Waals surface area contributed by atoms with Gasteiger partial charge in [0.25, 0.3) is 0 Å². The maximum Gasteiger partial charge on any atom is 0.227 e. The minimum atomic E-state index is -0.512. The minimum absolute atomic E-state index is 0.0194. The van der Waals surface area contributed by atoms with E-state index >= 15 is 0 Å². The van der Waals surface area contributed by atoms with Crippen LogP contribution in [0.4, 0.5) is 0 Å². The summed E-state index contributed by atoms with van der Waals surface area (Å²) in [5.41, 5.74) is 4.85. The Morgan fingerprint density at radius 3 is 2.44 bits per heavy atom. The fraction of sp³-hybridized carbons (Fsp3) is 0.917. The first-order valence-corrected chi connectivity index (χ1v) is 6.15. The smallest absolute Gasteiger partial charge is 0.227 e. The van der Waals surface area contributed by atoms with E-state index in [9.17, 15) is 9.90 Å². The van der Waals surface area contributed by atoms with Gasteiger partial charge in [-0.1, -0.05) is 19.8 Å². The highest BCUT2D eigenvalue weighted by atomic mass is 16.3. The molecular formula is C12H24N2O2. The van der Waals surface area contributed by atoms with E-state index < -0.39 is 5.54 Å². The summed E-state index contributed by atoms with van der Waals surface area (Å²) in [6.45, 7) is 4.20. The molecule has 0 bridgehead atoms. The van der Waals surface area contributed by atoms with Crippen molar-refractivity contribution < 1.29 is 9.90 Å². The van der Waals surface area contributed by atoms with Crippen LogP contribution in [-0.2, 0) is 4.79 Å². The van der Waals surface area contributed by atoms with Crippen LogP contribution in [0.2, 0.25) is 0 Å². The van der Waals surface area contributed by atoms with E-state index in [0.717, 1.165) is 32.1 Å². The Kier molecular flexibility index (Phi) is 4.33. The second-order valence-electron chi connectivity index (χ2n) is 5.22. The van der Waals surface area contributed by atoms with Gasteiger partial charge in [0.2, 0.25) is 5.91 Å². The van der Waals surface area contributed by atoms with Gasteiger partial charge >= 0.3 is 0 Å². The molecule has 1 atom stereocenters. The summed E-state index contributed by atoms with van der Waals surface area (Å²) in [7, 11) is 0. The van der Waals surface area contributed by atoms with Crippen LogP contribution in [0.3, 0.4) is 0 Å². The maximum atomic E-state index is 12.2. The molecule has 94 valence electrons. The highest BCUT2D eigenvalue weighted by Gasteiger charge is 2.41. The van der Waals surface area contributed by atoms with Gasteiger partial charge in [-0.2, -0.15) is 0 Å². The van der Waals surface area contributed by atoms with Crippen molar-refractivity contribution in [2.75, 3.05) is 13.2 Å². The summed E-state index contributed by atoms with van der Waals surface area (Å²) in [5, 5.41) is 12.2. The van der Waals surface area contributed by atoms with Gasteiger partial charge in [0.05, 0.1) is 17.6 Å². The second-order valence-corrected chi connectivity index (χ2v) is 5.22. The van der Waals surface area contributed by atoms with Crippen molar-refractivity contribution in [3.05, 3.63) is 0 Å². The van der Waals surface area contributed by atoms with E-state index in [-0.39, 0.29) is 17.9 Å². The first-order chi connectivity index (χ1) is 7.52. The molecule has 1 fully saturated rings. The second kappa shape index (κ2) is 5.15. The molecule has 4 N–H and O–H groups in total. The Labute approximate surface area is 97.6 Å². The van der Waals surface area contributed by atoms with Crippen LogP contribution in [0.5, 0.6) is 0 Å². The molecule has 1 saturated carbocycles. The quantitative estimate of drug-likeness (QED) is 0.651. The third-order valence-electron chi connectivity index (χ3n) is 3.98. The van der Waals surface area contributed by atoms with Crippen LogP contribution in [0.15, 0.2) is 0 Å². The van der Waals surface area contributed by atoms with E-state index in [4.69, 9.17) is 5.73 Å². The monoisotopic (exact) mass is 228 g/mol. The lowest BCUT2D eigenvalue weighted by Crippen LogP contribution is -2.55. The molecule has 0 aromatic heterocycles. The minimum Gasteiger partial charge on any atom is -0.394 e. The SMILES string of the molecule is CCC(C)(CO)NC(=O)C1(CN)CCCC1. The van der Waals surface area contributed by atoms with Gasteiger partial charge in [0.1, 0.15) is 0 Å². The summed E-state index contributed by atoms with van der Waals surface area (Å²) in [5.74, 6) is 0.0194. The van der Waals surface area contributed by atoms with Gasteiger partial charge in [-0.05, 0) is 26.2 Å². The molecule has 0 aliphatic heterocycles. The van der Waals surface area contributed by atoms with Gasteiger partial charge in [0, 0.05) is 6.54 Å². The number of aliphatic hydroxyl groups is 1. The summed E-state index contributed by atoms with van der Waals surface area (Å²) in [6, 6.07) is 0. The summed E-state index contributed by atoms with van der Waals surface area (Å²) in [4.78, 5) is 12.2. The Morgan fingerprint density at radius 1 is 1.50 bits per heavy atom. The summed E-state index contributed by atoms with van der Waals surface area (Å²) >= 11 is 0. The highest BCUT2D eigenvalue weighted by molar-refractivity contribution is 5.83. The molecule has 0 aromatic carbocycles. The Hall–Kier alpha value is -0.610. The average Bonchev–Trinajstić information content (AvgIpc) is 2.78. The van der Waals surface area contributed by atoms with E-state index in [1.54, 1.807) is 0 Å². The number of aliphatic hydroxyl groups excluding tert-OH is 1. The molecule has 1 rings (SSSR count). The lowest BCUT2D eigenvalue weighted by atomic mass is 9.84. The van der Waals surface area contributed by atoms with Crippen molar-refractivity contribution >= 4 is 5.91 Å². The molecular weight excluding hydrogens is 204 g/mol. The lowest BCUT2D eigenvalue weighted by molar-refractivity contribution is -0.132. The number of hydrogen-bond donors (Lipinski definition) is 3. The Bertz CT molecular complexity index is 243. The van der Waals surface area contributed by atoms with Crippen molar-refractivity contribution in [3.8, 4) is 0 Å². The van der Waals surface area contributed by atoms with Crippen molar-refractivity contribution in [3.63, 3.8) is 0 Å². The van der Waals surface area contributed by atoms with Crippen LogP contribution in [-0.4, -0.2) is 29.7 Å². The zero-order valence-corrected chi connectivity index (χ0v) is 10.4. The van der Waals surface area contributed by atoms with Crippen LogP contribution < -0.4 is 11.1 Å². The third-order valence-corrected chi connectivity index (χ3v) is 3.98. The number of carbonyl (C=O) groups excluding carboxylic acids is 1. The molecule has 1 amide bonds. The summed E-state index contributed by atoms with van der Waals surface area (Å²) < 4.78 is 0. The molecule has 4 heteroatoms. The third kappa shape index (κ3) is 2.55. The fourth-order valence-electron chi connectivity index (χ4n) is 2.22. The van der Waals surface area contributed by atoms with E-state index in [1.807, 2.05) is 13.8 Å². The van der Waals surface area contributed by atoms with Gasteiger partial charge < -0.3 is 16.2 Å². The van der Waals surface area contributed by atoms with Crippen molar-refractivity contribution in [2.45, 2.75) is 51.5 Å². The standard InChI is InChI=1S/C12H24N2O2/c1-3-11(2,9-15)14-10(16)12(8-13)6-4-5-7-12/h15H,3-9,13H2,1-2H3,(H,14,16). The van der Waals surface area contributed by atoms with E-state index in [1.165, 1.54) is 0 Å². The summed E-state index contributed by atoms with van der Waals surface area (Å²) in [6.07, 6.45) is 4.62. The van der Waals surface area contributed by atoms with Gasteiger partial charge in [-0.15, -0.1) is 0 Å². The van der Waals surface area contributed by atoms with Crippen LogP contribution in [0.1, 0.15) is 46.0 Å². The highest BCUT2D eigenvalue weighted by Crippen LogP contribution is 2.37. The molecule has 1 aliphatic rings. The molecule has 16 heavy (non-hydrogen) atoms. The molecule has 0 spiro atoms. The molecule has 1 aliphatic carbocycles. The molecule has 0 aromatic rings. The predicted octanol–water partition coefficient (Wildman–Crippen LogP) is 0.783. The van der Waals surface area contributed by atoms with Crippen LogP contribution in [0.25, 0.3) is 0 Å². The van der Waals surface area contributed by atoms with Crippen molar-refractivity contribution in [2.24, 2.45) is 11.1 Å². The predicted molar refractivity (Wildman–Crippen MR) is 63.9 cm³/mol. The number of nitrogens with two attached hydrogens (primary N) is 1. The lowest BCUT2D eigenvalue weighted by Gasteiger charge is -2.33. The van der Waals surface area contributed by atoms with Crippen LogP contribution in [0, 0.1) is 5.41 Å². The zero-order chi connectivity index (χ0) is 12.2. The first kappa shape index (κ1) is 13.5. The normalized spacial score (nSPS) is 22.8. The molecule has 0 heterocycles. The first-order valence-electron chi connectivity index (χ1n) is 6.15. The molecule has 4 nitrogen and oxygen atoms in total. The molecule has 0 radical (unpaired) electrons. The Morgan fingerprint density at radius 2 is 2.06 bits per heavy atom. The van der Waals surface area contributed by atoms with Gasteiger partial charge in [0.15, 0.2) is 0 Å². The molecule has 1 unspecified atom stereocenters. The van der Waals surface area contributed by atoms with Crippen LogP contribution >= 0.6 is 0 Å². The average molecular weight is 228 g/mol. The number of carbonyl (C=O) groups is 1. The van der Waals surface area contributed by atoms with Crippen molar-refractivity contribution in [1.29, 1.82) is 0 Å². The number of nitrogens with one attached hydrogen (secondary N) is 1. The van der Waals surface area contributed by atoms with E-state index in [2.05, 4.69) is 5.32 Å². The fourth-order valence-corrected chi connectivity index (χ4v) is 2.22. The number of rotatable bonds is 5. The number of amides is 1. The zero-order valence-electron chi connectivity index (χ0n) is 10.4.